The predicted octanol–water partition coefficient (Wildman–Crippen LogP) is 3.48. The lowest BCUT2D eigenvalue weighted by atomic mass is 9.97. The van der Waals surface area contributed by atoms with Gasteiger partial charge >= 0.3 is 0 Å². The van der Waals surface area contributed by atoms with Gasteiger partial charge in [0, 0.05) is 11.1 Å². The fourth-order valence-corrected chi connectivity index (χ4v) is 1.99. The summed E-state index contributed by atoms with van der Waals surface area (Å²) in [6.45, 7) is 3.69. The van der Waals surface area contributed by atoms with Crippen molar-refractivity contribution in [3.05, 3.63) is 81.2 Å². The largest absolute Gasteiger partial charge is 0.320 e. The standard InChI is InChI=1S/C14H12ClN2O2/c1-9-2-7-12(13(8-9)17(18)19)14(16)10-3-5-11(15)6-4-10/h2-8,14H,1,16H2. The summed E-state index contributed by atoms with van der Waals surface area (Å²) in [5, 5.41) is 11.7. The van der Waals surface area contributed by atoms with Crippen molar-refractivity contribution in [1.29, 1.82) is 0 Å². The zero-order valence-electron chi connectivity index (χ0n) is 10.0. The van der Waals surface area contributed by atoms with Crippen molar-refractivity contribution < 1.29 is 4.92 Å². The van der Waals surface area contributed by atoms with Gasteiger partial charge in [-0.15, -0.1) is 0 Å². The molecule has 0 saturated carbocycles. The van der Waals surface area contributed by atoms with Crippen LogP contribution in [0.25, 0.3) is 0 Å². The van der Waals surface area contributed by atoms with E-state index in [1.54, 1.807) is 36.4 Å². The Morgan fingerprint density at radius 2 is 1.84 bits per heavy atom. The van der Waals surface area contributed by atoms with Crippen molar-refractivity contribution in [2.75, 3.05) is 0 Å². The Kier molecular flexibility index (Phi) is 3.83. The smallest absolute Gasteiger partial charge is 0.274 e. The Hall–Kier alpha value is -1.91. The van der Waals surface area contributed by atoms with Gasteiger partial charge < -0.3 is 5.73 Å². The summed E-state index contributed by atoms with van der Waals surface area (Å²) in [7, 11) is 0. The SMILES string of the molecule is [CH2]c1ccc(C(N)c2ccc(Cl)cc2)c([N+](=O)[O-])c1. The molecule has 97 valence electrons. The lowest BCUT2D eigenvalue weighted by molar-refractivity contribution is -0.385. The molecule has 5 heteroatoms. The first-order chi connectivity index (χ1) is 8.99. The van der Waals surface area contributed by atoms with Crippen LogP contribution in [-0.2, 0) is 0 Å². The van der Waals surface area contributed by atoms with E-state index < -0.39 is 11.0 Å². The van der Waals surface area contributed by atoms with Gasteiger partial charge in [0.2, 0.25) is 0 Å². The first-order valence-electron chi connectivity index (χ1n) is 5.60. The van der Waals surface area contributed by atoms with Gasteiger partial charge in [0.15, 0.2) is 0 Å². The lowest BCUT2D eigenvalue weighted by Gasteiger charge is -2.13. The molecular formula is C14H12ClN2O2. The van der Waals surface area contributed by atoms with Crippen molar-refractivity contribution in [2.24, 2.45) is 5.73 Å². The molecule has 0 aliphatic rings. The second-order valence-corrected chi connectivity index (χ2v) is 4.62. The number of nitrogens with zero attached hydrogens (tertiary/aromatic N) is 1. The van der Waals surface area contributed by atoms with Crippen molar-refractivity contribution in [1.82, 2.24) is 0 Å². The van der Waals surface area contributed by atoms with E-state index >= 15 is 0 Å². The maximum atomic E-state index is 11.1. The van der Waals surface area contributed by atoms with Crippen LogP contribution in [0.3, 0.4) is 0 Å². The van der Waals surface area contributed by atoms with Gasteiger partial charge in [0.1, 0.15) is 0 Å². The summed E-state index contributed by atoms with van der Waals surface area (Å²) in [5.41, 5.74) is 7.88. The number of hydrogen-bond donors (Lipinski definition) is 1. The second-order valence-electron chi connectivity index (χ2n) is 4.18. The lowest BCUT2D eigenvalue weighted by Crippen LogP contribution is -2.13. The average Bonchev–Trinajstić information content (AvgIpc) is 2.38. The van der Waals surface area contributed by atoms with E-state index in [0.29, 0.717) is 16.1 Å². The monoisotopic (exact) mass is 275 g/mol. The summed E-state index contributed by atoms with van der Waals surface area (Å²) in [6, 6.07) is 11.1. The first kappa shape index (κ1) is 13.5. The molecule has 1 atom stereocenters. The number of nitrogens with two attached hydrogens (primary N) is 1. The Morgan fingerprint density at radius 1 is 1.21 bits per heavy atom. The number of nitro groups is 1. The van der Waals surface area contributed by atoms with E-state index in [9.17, 15) is 10.1 Å². The molecule has 0 bridgehead atoms. The van der Waals surface area contributed by atoms with Crippen LogP contribution in [0.15, 0.2) is 42.5 Å². The highest BCUT2D eigenvalue weighted by Crippen LogP contribution is 2.29. The van der Waals surface area contributed by atoms with Crippen LogP contribution in [0.2, 0.25) is 5.02 Å². The van der Waals surface area contributed by atoms with Crippen molar-refractivity contribution >= 4 is 17.3 Å². The van der Waals surface area contributed by atoms with Crippen LogP contribution in [0.1, 0.15) is 22.7 Å². The van der Waals surface area contributed by atoms with Gasteiger partial charge in [-0.2, -0.15) is 0 Å². The highest BCUT2D eigenvalue weighted by atomic mass is 35.5. The molecule has 0 amide bonds. The molecule has 1 unspecified atom stereocenters. The summed E-state index contributed by atoms with van der Waals surface area (Å²) in [6.07, 6.45) is 0. The fraction of sp³-hybridized carbons (Fsp3) is 0.0714. The van der Waals surface area contributed by atoms with E-state index in [-0.39, 0.29) is 5.69 Å². The minimum absolute atomic E-state index is 0.0186. The molecule has 0 saturated heterocycles. The van der Waals surface area contributed by atoms with E-state index in [2.05, 4.69) is 6.92 Å². The highest BCUT2D eigenvalue weighted by Gasteiger charge is 2.20. The zero-order valence-corrected chi connectivity index (χ0v) is 10.8. The summed E-state index contributed by atoms with van der Waals surface area (Å²) in [4.78, 5) is 10.6. The molecule has 2 aromatic carbocycles. The molecular weight excluding hydrogens is 264 g/mol. The highest BCUT2D eigenvalue weighted by molar-refractivity contribution is 6.30. The molecule has 1 radical (unpaired) electrons. The molecule has 0 aliphatic heterocycles. The van der Waals surface area contributed by atoms with E-state index in [1.165, 1.54) is 6.07 Å². The topological polar surface area (TPSA) is 69.2 Å². The Labute approximate surface area is 116 Å². The van der Waals surface area contributed by atoms with Crippen LogP contribution >= 0.6 is 11.6 Å². The van der Waals surface area contributed by atoms with Gasteiger partial charge in [0.05, 0.1) is 16.5 Å². The Bertz CT molecular complexity index is 611. The van der Waals surface area contributed by atoms with Crippen LogP contribution in [-0.4, -0.2) is 4.92 Å². The zero-order chi connectivity index (χ0) is 14.0. The van der Waals surface area contributed by atoms with E-state index in [0.717, 1.165) is 5.56 Å². The third kappa shape index (κ3) is 2.92. The molecule has 0 spiro atoms. The maximum absolute atomic E-state index is 11.1. The van der Waals surface area contributed by atoms with Gasteiger partial charge in [-0.1, -0.05) is 29.8 Å². The minimum Gasteiger partial charge on any atom is -0.320 e. The number of halogens is 1. The van der Waals surface area contributed by atoms with Gasteiger partial charge in [-0.25, -0.2) is 0 Å². The normalized spacial score (nSPS) is 12.2. The third-order valence-electron chi connectivity index (χ3n) is 2.86. The molecule has 2 rings (SSSR count). The molecule has 0 fully saturated rings. The van der Waals surface area contributed by atoms with Crippen LogP contribution < -0.4 is 5.73 Å². The average molecular weight is 276 g/mol. The van der Waals surface area contributed by atoms with Crippen LogP contribution in [0, 0.1) is 17.0 Å². The van der Waals surface area contributed by atoms with E-state index in [1.807, 2.05) is 0 Å². The summed E-state index contributed by atoms with van der Waals surface area (Å²) in [5.74, 6) is 0. The molecule has 0 heterocycles. The van der Waals surface area contributed by atoms with Crippen molar-refractivity contribution in [3.63, 3.8) is 0 Å². The second kappa shape index (κ2) is 5.38. The van der Waals surface area contributed by atoms with Gasteiger partial charge in [0.25, 0.3) is 5.69 Å². The molecule has 2 N–H and O–H groups in total. The predicted molar refractivity (Wildman–Crippen MR) is 75.0 cm³/mol. The summed E-state index contributed by atoms with van der Waals surface area (Å²) >= 11 is 5.81. The van der Waals surface area contributed by atoms with Crippen molar-refractivity contribution in [3.8, 4) is 0 Å². The Balaban J connectivity index is 2.46. The molecule has 0 aliphatic carbocycles. The van der Waals surface area contributed by atoms with Gasteiger partial charge in [-0.3, -0.25) is 10.1 Å². The third-order valence-corrected chi connectivity index (χ3v) is 3.11. The summed E-state index contributed by atoms with van der Waals surface area (Å²) < 4.78 is 0. The number of benzene rings is 2. The molecule has 0 aromatic heterocycles. The Morgan fingerprint density at radius 3 is 2.42 bits per heavy atom. The molecule has 2 aromatic rings. The molecule has 19 heavy (non-hydrogen) atoms. The fourth-order valence-electron chi connectivity index (χ4n) is 1.86. The number of hydrogen-bond acceptors (Lipinski definition) is 3. The minimum atomic E-state index is -0.571. The quantitative estimate of drug-likeness (QED) is 0.689. The number of rotatable bonds is 3. The van der Waals surface area contributed by atoms with Crippen molar-refractivity contribution in [2.45, 2.75) is 6.04 Å². The molecule has 4 nitrogen and oxygen atoms in total. The van der Waals surface area contributed by atoms with Crippen LogP contribution in [0.5, 0.6) is 0 Å². The van der Waals surface area contributed by atoms with E-state index in [4.69, 9.17) is 17.3 Å². The van der Waals surface area contributed by atoms with Gasteiger partial charge in [-0.05, 0) is 36.2 Å². The number of nitro benzene ring substituents is 1. The maximum Gasteiger partial charge on any atom is 0.274 e. The first-order valence-corrected chi connectivity index (χ1v) is 5.98. The van der Waals surface area contributed by atoms with Crippen LogP contribution in [0.4, 0.5) is 5.69 Å².